The molecule has 0 radical (unpaired) electrons. The Labute approximate surface area is 106 Å². The van der Waals surface area contributed by atoms with E-state index in [0.29, 0.717) is 11.5 Å². The van der Waals surface area contributed by atoms with Crippen molar-refractivity contribution in [3.05, 3.63) is 41.9 Å². The van der Waals surface area contributed by atoms with E-state index in [1.54, 1.807) is 16.9 Å². The second-order valence-corrected chi connectivity index (χ2v) is 4.09. The van der Waals surface area contributed by atoms with Gasteiger partial charge in [0, 0.05) is 18.9 Å². The SMILES string of the molecule is CCCn1ccc(C(=O)Nc2ncccc2C)n1. The topological polar surface area (TPSA) is 59.8 Å². The van der Waals surface area contributed by atoms with Gasteiger partial charge in [-0.1, -0.05) is 13.0 Å². The molecule has 0 saturated carbocycles. The largest absolute Gasteiger partial charge is 0.305 e. The number of nitrogens with one attached hydrogen (secondary N) is 1. The highest BCUT2D eigenvalue weighted by atomic mass is 16.2. The van der Waals surface area contributed by atoms with Gasteiger partial charge in [-0.05, 0) is 31.0 Å². The molecule has 94 valence electrons. The average Bonchev–Trinajstić information content (AvgIpc) is 2.81. The fourth-order valence-corrected chi connectivity index (χ4v) is 1.62. The van der Waals surface area contributed by atoms with E-state index in [1.807, 2.05) is 25.3 Å². The highest BCUT2D eigenvalue weighted by Crippen LogP contribution is 2.10. The number of hydrogen-bond acceptors (Lipinski definition) is 3. The highest BCUT2D eigenvalue weighted by molar-refractivity contribution is 6.02. The number of hydrogen-bond donors (Lipinski definition) is 1. The summed E-state index contributed by atoms with van der Waals surface area (Å²) in [7, 11) is 0. The van der Waals surface area contributed by atoms with Crippen molar-refractivity contribution in [3.8, 4) is 0 Å². The average molecular weight is 244 g/mol. The van der Waals surface area contributed by atoms with Crippen LogP contribution < -0.4 is 5.32 Å². The highest BCUT2D eigenvalue weighted by Gasteiger charge is 2.11. The lowest BCUT2D eigenvalue weighted by Gasteiger charge is -2.04. The molecule has 2 heterocycles. The van der Waals surface area contributed by atoms with Crippen molar-refractivity contribution in [2.75, 3.05) is 5.32 Å². The molecule has 2 rings (SSSR count). The predicted molar refractivity (Wildman–Crippen MR) is 69.4 cm³/mol. The van der Waals surface area contributed by atoms with Gasteiger partial charge in [-0.3, -0.25) is 9.48 Å². The smallest absolute Gasteiger partial charge is 0.277 e. The zero-order valence-corrected chi connectivity index (χ0v) is 10.6. The van der Waals surface area contributed by atoms with Crippen LogP contribution in [0.1, 0.15) is 29.4 Å². The Morgan fingerprint density at radius 1 is 1.44 bits per heavy atom. The van der Waals surface area contributed by atoms with E-state index >= 15 is 0 Å². The quantitative estimate of drug-likeness (QED) is 0.897. The molecule has 1 N–H and O–H groups in total. The van der Waals surface area contributed by atoms with Crippen LogP contribution in [0, 0.1) is 6.92 Å². The predicted octanol–water partition coefficient (Wildman–Crippen LogP) is 2.25. The molecule has 0 aromatic carbocycles. The lowest BCUT2D eigenvalue weighted by molar-refractivity contribution is 0.102. The Balaban J connectivity index is 2.10. The molecule has 0 aliphatic carbocycles. The fourth-order valence-electron chi connectivity index (χ4n) is 1.62. The number of nitrogens with zero attached hydrogens (tertiary/aromatic N) is 3. The lowest BCUT2D eigenvalue weighted by atomic mass is 10.3. The van der Waals surface area contributed by atoms with Crippen LogP contribution in [0.2, 0.25) is 0 Å². The first-order chi connectivity index (χ1) is 8.70. The Morgan fingerprint density at radius 2 is 2.28 bits per heavy atom. The summed E-state index contributed by atoms with van der Waals surface area (Å²) in [5.41, 5.74) is 1.34. The first kappa shape index (κ1) is 12.3. The van der Waals surface area contributed by atoms with Gasteiger partial charge in [-0.15, -0.1) is 0 Å². The van der Waals surface area contributed by atoms with Crippen LogP contribution in [-0.2, 0) is 6.54 Å². The maximum Gasteiger partial charge on any atom is 0.277 e. The minimum Gasteiger partial charge on any atom is -0.305 e. The maximum absolute atomic E-state index is 12.0. The first-order valence-corrected chi connectivity index (χ1v) is 5.97. The van der Waals surface area contributed by atoms with Gasteiger partial charge in [-0.2, -0.15) is 5.10 Å². The third-order valence-corrected chi connectivity index (χ3v) is 2.57. The summed E-state index contributed by atoms with van der Waals surface area (Å²) in [6.45, 7) is 4.78. The molecule has 2 aromatic heterocycles. The van der Waals surface area contributed by atoms with Crippen LogP contribution in [0.3, 0.4) is 0 Å². The van der Waals surface area contributed by atoms with E-state index in [0.717, 1.165) is 18.5 Å². The Bertz CT molecular complexity index is 547. The zero-order valence-electron chi connectivity index (χ0n) is 10.6. The van der Waals surface area contributed by atoms with Crippen molar-refractivity contribution in [1.82, 2.24) is 14.8 Å². The monoisotopic (exact) mass is 244 g/mol. The summed E-state index contributed by atoms with van der Waals surface area (Å²) in [6.07, 6.45) is 4.45. The summed E-state index contributed by atoms with van der Waals surface area (Å²) in [6, 6.07) is 5.45. The van der Waals surface area contributed by atoms with Gasteiger partial charge in [0.25, 0.3) is 5.91 Å². The number of rotatable bonds is 4. The molecular formula is C13H16N4O. The molecule has 0 saturated heterocycles. The number of carbonyl (C=O) groups is 1. The third kappa shape index (κ3) is 2.74. The van der Waals surface area contributed by atoms with Crippen molar-refractivity contribution < 1.29 is 4.79 Å². The second-order valence-electron chi connectivity index (χ2n) is 4.09. The maximum atomic E-state index is 12.0. The minimum absolute atomic E-state index is 0.230. The van der Waals surface area contributed by atoms with E-state index in [4.69, 9.17) is 0 Å². The summed E-state index contributed by atoms with van der Waals surface area (Å²) in [4.78, 5) is 16.1. The van der Waals surface area contributed by atoms with Gasteiger partial charge in [0.15, 0.2) is 5.69 Å². The fraction of sp³-hybridized carbons (Fsp3) is 0.308. The second kappa shape index (κ2) is 5.44. The molecule has 0 aliphatic heterocycles. The Kier molecular flexibility index (Phi) is 3.72. The van der Waals surface area contributed by atoms with Crippen molar-refractivity contribution >= 4 is 11.7 Å². The molecule has 0 spiro atoms. The van der Waals surface area contributed by atoms with E-state index in [2.05, 4.69) is 22.3 Å². The number of amides is 1. The molecule has 18 heavy (non-hydrogen) atoms. The zero-order chi connectivity index (χ0) is 13.0. The van der Waals surface area contributed by atoms with Crippen LogP contribution in [0.15, 0.2) is 30.6 Å². The Hall–Kier alpha value is -2.17. The molecule has 0 unspecified atom stereocenters. The molecule has 0 bridgehead atoms. The minimum atomic E-state index is -0.230. The third-order valence-electron chi connectivity index (χ3n) is 2.57. The molecule has 5 nitrogen and oxygen atoms in total. The Morgan fingerprint density at radius 3 is 3.00 bits per heavy atom. The van der Waals surface area contributed by atoms with Crippen molar-refractivity contribution in [2.45, 2.75) is 26.8 Å². The van der Waals surface area contributed by atoms with Gasteiger partial charge in [-0.25, -0.2) is 4.98 Å². The van der Waals surface area contributed by atoms with Crippen molar-refractivity contribution in [3.63, 3.8) is 0 Å². The standard InChI is InChI=1S/C13H16N4O/c1-3-8-17-9-6-11(16-17)13(18)15-12-10(2)5-4-7-14-12/h4-7,9H,3,8H2,1-2H3,(H,14,15,18). The molecular weight excluding hydrogens is 228 g/mol. The normalized spacial score (nSPS) is 10.3. The number of aromatic nitrogens is 3. The van der Waals surface area contributed by atoms with Crippen LogP contribution in [0.5, 0.6) is 0 Å². The summed E-state index contributed by atoms with van der Waals surface area (Å²) >= 11 is 0. The molecule has 1 amide bonds. The van der Waals surface area contributed by atoms with Crippen LogP contribution in [-0.4, -0.2) is 20.7 Å². The number of carbonyl (C=O) groups excluding carboxylic acids is 1. The van der Waals surface area contributed by atoms with Gasteiger partial charge >= 0.3 is 0 Å². The molecule has 0 atom stereocenters. The number of aryl methyl sites for hydroxylation is 2. The number of pyridine rings is 1. The van der Waals surface area contributed by atoms with E-state index in [9.17, 15) is 4.79 Å². The number of anilines is 1. The van der Waals surface area contributed by atoms with Gasteiger partial charge in [0.2, 0.25) is 0 Å². The van der Waals surface area contributed by atoms with E-state index < -0.39 is 0 Å². The molecule has 0 aliphatic rings. The van der Waals surface area contributed by atoms with Crippen molar-refractivity contribution in [1.29, 1.82) is 0 Å². The van der Waals surface area contributed by atoms with E-state index in [1.165, 1.54) is 0 Å². The summed E-state index contributed by atoms with van der Waals surface area (Å²) < 4.78 is 1.76. The van der Waals surface area contributed by atoms with Gasteiger partial charge in [0.05, 0.1) is 0 Å². The summed E-state index contributed by atoms with van der Waals surface area (Å²) in [5.74, 6) is 0.346. The van der Waals surface area contributed by atoms with E-state index in [-0.39, 0.29) is 5.91 Å². The van der Waals surface area contributed by atoms with Gasteiger partial charge in [0.1, 0.15) is 5.82 Å². The van der Waals surface area contributed by atoms with Crippen molar-refractivity contribution in [2.24, 2.45) is 0 Å². The van der Waals surface area contributed by atoms with Crippen LogP contribution in [0.4, 0.5) is 5.82 Å². The van der Waals surface area contributed by atoms with Crippen LogP contribution >= 0.6 is 0 Å². The van der Waals surface area contributed by atoms with Gasteiger partial charge < -0.3 is 5.32 Å². The lowest BCUT2D eigenvalue weighted by Crippen LogP contribution is -2.15. The molecule has 0 fully saturated rings. The van der Waals surface area contributed by atoms with Crippen LogP contribution in [0.25, 0.3) is 0 Å². The first-order valence-electron chi connectivity index (χ1n) is 5.97. The molecule has 2 aromatic rings. The summed E-state index contributed by atoms with van der Waals surface area (Å²) in [5, 5.41) is 6.96. The molecule has 5 heteroatoms.